The normalized spacial score (nSPS) is 16.9. The van der Waals surface area contributed by atoms with Crippen LogP contribution in [0.2, 0.25) is 0 Å². The van der Waals surface area contributed by atoms with Crippen LogP contribution in [0.4, 0.5) is 11.4 Å². The molecule has 146 valence electrons. The molecule has 6 nitrogen and oxygen atoms in total. The lowest BCUT2D eigenvalue weighted by Gasteiger charge is -2.26. The number of amides is 1. The van der Waals surface area contributed by atoms with Crippen molar-refractivity contribution in [1.82, 2.24) is 4.57 Å². The second-order valence-electron chi connectivity index (χ2n) is 7.57. The average molecular weight is 404 g/mol. The number of aryl methyl sites for hydroxylation is 3. The Kier molecular flexibility index (Phi) is 3.96. The highest BCUT2D eigenvalue weighted by Gasteiger charge is 2.28. The highest BCUT2D eigenvalue weighted by molar-refractivity contribution is 7.07. The van der Waals surface area contributed by atoms with Gasteiger partial charge in [-0.2, -0.15) is 0 Å². The molecule has 3 heterocycles. The Morgan fingerprint density at radius 3 is 2.66 bits per heavy atom. The zero-order valence-corrected chi connectivity index (χ0v) is 17.3. The number of carbonyl (C=O) groups is 1. The van der Waals surface area contributed by atoms with Crippen molar-refractivity contribution in [2.24, 2.45) is 4.99 Å². The molecule has 5 rings (SSSR count). The monoisotopic (exact) mass is 404 g/mol. The van der Waals surface area contributed by atoms with Gasteiger partial charge in [0, 0.05) is 16.9 Å². The number of hydrogen-bond donors (Lipinski definition) is 1. The number of benzene rings is 2. The molecular formula is C22H20N4O2S. The number of thiazole rings is 1. The summed E-state index contributed by atoms with van der Waals surface area (Å²) < 4.78 is 2.11. The van der Waals surface area contributed by atoms with Crippen molar-refractivity contribution in [3.05, 3.63) is 78.3 Å². The number of fused-ring (bicyclic) bond motifs is 2. The van der Waals surface area contributed by atoms with Gasteiger partial charge in [-0.1, -0.05) is 29.0 Å². The molecule has 7 heteroatoms. The van der Waals surface area contributed by atoms with E-state index in [2.05, 4.69) is 47.3 Å². The summed E-state index contributed by atoms with van der Waals surface area (Å²) in [7, 11) is 0. The van der Waals surface area contributed by atoms with Gasteiger partial charge in [0.25, 0.3) is 11.5 Å². The Bertz CT molecular complexity index is 1370. The quantitative estimate of drug-likeness (QED) is 0.675. The van der Waals surface area contributed by atoms with Gasteiger partial charge in [-0.05, 0) is 56.2 Å². The van der Waals surface area contributed by atoms with Crippen molar-refractivity contribution in [3.8, 4) is 0 Å². The lowest BCUT2D eigenvalue weighted by atomic mass is 10.1. The van der Waals surface area contributed by atoms with Crippen LogP contribution < -0.4 is 25.1 Å². The molecule has 0 atom stereocenters. The Labute approximate surface area is 171 Å². The first-order valence-electron chi connectivity index (χ1n) is 9.45. The summed E-state index contributed by atoms with van der Waals surface area (Å²) in [5, 5.41) is 2.87. The van der Waals surface area contributed by atoms with Crippen molar-refractivity contribution < 1.29 is 4.79 Å². The molecule has 0 saturated carbocycles. The summed E-state index contributed by atoms with van der Waals surface area (Å²) in [6, 6.07) is 12.0. The van der Waals surface area contributed by atoms with Crippen LogP contribution in [0, 0.1) is 20.8 Å². The summed E-state index contributed by atoms with van der Waals surface area (Å²) in [6.45, 7) is 7.04. The minimum Gasteiger partial charge on any atom is -0.334 e. The zero-order chi connectivity index (χ0) is 20.3. The van der Waals surface area contributed by atoms with E-state index in [4.69, 9.17) is 0 Å². The van der Waals surface area contributed by atoms with Crippen LogP contribution in [-0.2, 0) is 11.5 Å². The molecule has 2 aromatic carbocycles. The predicted molar refractivity (Wildman–Crippen MR) is 115 cm³/mol. The summed E-state index contributed by atoms with van der Waals surface area (Å²) in [6.07, 6.45) is 0. The first-order chi connectivity index (χ1) is 13.9. The summed E-state index contributed by atoms with van der Waals surface area (Å²) in [4.78, 5) is 33.2. The van der Waals surface area contributed by atoms with Gasteiger partial charge in [-0.15, -0.1) is 0 Å². The molecule has 2 aliphatic rings. The highest BCUT2D eigenvalue weighted by Crippen LogP contribution is 2.30. The maximum atomic E-state index is 13.2. The molecule has 0 saturated heterocycles. The lowest BCUT2D eigenvalue weighted by Crippen LogP contribution is -2.43. The third-order valence-corrected chi connectivity index (χ3v) is 6.67. The van der Waals surface area contributed by atoms with Crippen LogP contribution in [0.5, 0.6) is 0 Å². The van der Waals surface area contributed by atoms with Crippen molar-refractivity contribution in [3.63, 3.8) is 0 Å². The molecule has 29 heavy (non-hydrogen) atoms. The number of rotatable bonds is 1. The fraction of sp³-hybridized carbons (Fsp3) is 0.227. The first-order valence-corrected chi connectivity index (χ1v) is 10.3. The number of anilines is 2. The van der Waals surface area contributed by atoms with Crippen LogP contribution in [0.25, 0.3) is 5.57 Å². The van der Waals surface area contributed by atoms with Gasteiger partial charge < -0.3 is 10.2 Å². The first kappa shape index (κ1) is 17.9. The van der Waals surface area contributed by atoms with Crippen LogP contribution in [0.3, 0.4) is 0 Å². The van der Waals surface area contributed by atoms with E-state index < -0.39 is 0 Å². The van der Waals surface area contributed by atoms with Gasteiger partial charge in [0.1, 0.15) is 17.9 Å². The summed E-state index contributed by atoms with van der Waals surface area (Å²) in [5.74, 6) is -0.229. The minimum absolute atomic E-state index is 0.165. The fourth-order valence-corrected chi connectivity index (χ4v) is 4.81. The molecule has 1 aromatic heterocycles. The Hall–Kier alpha value is -3.19. The molecule has 1 N–H and O–H groups in total. The van der Waals surface area contributed by atoms with Gasteiger partial charge in [-0.25, -0.2) is 4.99 Å². The predicted octanol–water partition coefficient (Wildman–Crippen LogP) is 2.04. The molecule has 2 aliphatic heterocycles. The molecular weight excluding hydrogens is 384 g/mol. The van der Waals surface area contributed by atoms with Crippen molar-refractivity contribution in [1.29, 1.82) is 0 Å². The number of hydrogen-bond acceptors (Lipinski definition) is 5. The molecule has 0 unspecified atom stereocenters. The number of nitrogens with zero attached hydrogens (tertiary/aromatic N) is 3. The minimum atomic E-state index is -0.229. The van der Waals surface area contributed by atoms with Gasteiger partial charge in [0.05, 0.1) is 5.57 Å². The van der Waals surface area contributed by atoms with Crippen molar-refractivity contribution in [2.75, 3.05) is 16.9 Å². The van der Waals surface area contributed by atoms with Crippen LogP contribution in [-0.4, -0.2) is 17.1 Å². The molecule has 0 fully saturated rings. The van der Waals surface area contributed by atoms with Crippen LogP contribution in [0.15, 0.2) is 46.2 Å². The Balaban J connectivity index is 1.64. The van der Waals surface area contributed by atoms with Gasteiger partial charge in [-0.3, -0.25) is 14.2 Å². The maximum absolute atomic E-state index is 13.2. The van der Waals surface area contributed by atoms with E-state index in [1.54, 1.807) is 4.57 Å². The molecule has 0 radical (unpaired) electrons. The Morgan fingerprint density at radius 2 is 1.86 bits per heavy atom. The maximum Gasteiger partial charge on any atom is 0.272 e. The molecule has 3 aromatic rings. The fourth-order valence-electron chi connectivity index (χ4n) is 3.75. The van der Waals surface area contributed by atoms with Gasteiger partial charge in [0.2, 0.25) is 0 Å². The van der Waals surface area contributed by atoms with Gasteiger partial charge >= 0.3 is 0 Å². The molecule has 0 spiro atoms. The van der Waals surface area contributed by atoms with E-state index in [0.29, 0.717) is 28.2 Å². The van der Waals surface area contributed by atoms with Gasteiger partial charge in [0.15, 0.2) is 4.80 Å². The molecule has 1 amide bonds. The van der Waals surface area contributed by atoms with E-state index in [-0.39, 0.29) is 11.5 Å². The summed E-state index contributed by atoms with van der Waals surface area (Å²) >= 11 is 1.29. The number of nitrogens with one attached hydrogen (secondary N) is 1. The van der Waals surface area contributed by atoms with Crippen molar-refractivity contribution >= 4 is 34.2 Å². The Morgan fingerprint density at radius 1 is 1.03 bits per heavy atom. The third kappa shape index (κ3) is 2.81. The standard InChI is InChI=1S/C22H20N4O2S/c1-12-4-7-17-16(8-12)18(20(27)24-17)19-21(28)26-11-25(10-23-22(26)29-19)15-6-5-13(2)14(3)9-15/h4-9H,10-11H2,1-3H3,(H,24,27). The average Bonchev–Trinajstić information content (AvgIpc) is 3.19. The third-order valence-electron chi connectivity index (χ3n) is 5.55. The van der Waals surface area contributed by atoms with Crippen molar-refractivity contribution in [2.45, 2.75) is 27.4 Å². The highest BCUT2D eigenvalue weighted by atomic mass is 32.1. The SMILES string of the molecule is Cc1ccc2c(c1)C(=c1sc3n(c1=O)CN(c1ccc(C)c(C)c1)CN=3)C(=O)N2. The number of carbonyl (C=O) groups excluding carboxylic acids is 1. The topological polar surface area (TPSA) is 66.7 Å². The second-order valence-corrected chi connectivity index (χ2v) is 8.55. The van der Waals surface area contributed by atoms with E-state index >= 15 is 0 Å². The van der Waals surface area contributed by atoms with E-state index in [0.717, 1.165) is 22.5 Å². The number of aromatic nitrogens is 1. The van der Waals surface area contributed by atoms with E-state index in [1.165, 1.54) is 22.5 Å². The molecule has 0 bridgehead atoms. The smallest absolute Gasteiger partial charge is 0.272 e. The summed E-state index contributed by atoms with van der Waals surface area (Å²) in [5.41, 5.74) is 6.35. The van der Waals surface area contributed by atoms with Crippen LogP contribution >= 0.6 is 11.3 Å². The lowest BCUT2D eigenvalue weighted by molar-refractivity contribution is -0.110. The largest absolute Gasteiger partial charge is 0.334 e. The second kappa shape index (κ2) is 6.42. The van der Waals surface area contributed by atoms with E-state index in [1.807, 2.05) is 25.1 Å². The van der Waals surface area contributed by atoms with Crippen LogP contribution in [0.1, 0.15) is 22.3 Å². The van der Waals surface area contributed by atoms with E-state index in [9.17, 15) is 9.59 Å². The molecule has 0 aliphatic carbocycles. The zero-order valence-electron chi connectivity index (χ0n) is 16.4.